The van der Waals surface area contributed by atoms with Crippen LogP contribution in [0.25, 0.3) is 0 Å². The third kappa shape index (κ3) is 3.12. The Kier molecular flexibility index (Phi) is 4.16. The Morgan fingerprint density at radius 1 is 1.32 bits per heavy atom. The first-order valence-corrected chi connectivity index (χ1v) is 6.27. The molecule has 2 rings (SSSR count). The van der Waals surface area contributed by atoms with Gasteiger partial charge in [0.05, 0.1) is 25.2 Å². The third-order valence-electron chi connectivity index (χ3n) is 3.21. The lowest BCUT2D eigenvalue weighted by atomic mass is 10.0. The molecule has 19 heavy (non-hydrogen) atoms. The molecule has 0 unspecified atom stereocenters. The van der Waals surface area contributed by atoms with E-state index in [4.69, 9.17) is 4.74 Å². The molecular weight excluding hydrogens is 246 g/mol. The largest absolute Gasteiger partial charge is 0.507 e. The highest BCUT2D eigenvalue weighted by Gasteiger charge is 2.22. The normalized spacial score (nSPS) is 15.3. The van der Waals surface area contributed by atoms with Crippen LogP contribution in [0.4, 0.5) is 0 Å². The van der Waals surface area contributed by atoms with E-state index in [2.05, 4.69) is 0 Å². The Hall–Kier alpha value is -1.88. The monoisotopic (exact) mass is 263 g/mol. The van der Waals surface area contributed by atoms with Crippen molar-refractivity contribution in [1.82, 2.24) is 4.90 Å². The standard InChI is InChI=1S/C14H17NO4/c1-10-3-2-4-11(14(10)18)12(16)9-13(17)15-5-7-19-8-6-15/h2-4,18H,5-9H2,1H3. The van der Waals surface area contributed by atoms with Crippen molar-refractivity contribution in [3.05, 3.63) is 29.3 Å². The summed E-state index contributed by atoms with van der Waals surface area (Å²) in [7, 11) is 0. The number of hydrogen-bond acceptors (Lipinski definition) is 4. The second-order valence-electron chi connectivity index (χ2n) is 4.56. The lowest BCUT2D eigenvalue weighted by Crippen LogP contribution is -2.41. The maximum Gasteiger partial charge on any atom is 0.230 e. The van der Waals surface area contributed by atoms with Gasteiger partial charge in [-0.2, -0.15) is 0 Å². The Bertz CT molecular complexity index is 492. The Morgan fingerprint density at radius 2 is 2.00 bits per heavy atom. The lowest BCUT2D eigenvalue weighted by molar-refractivity contribution is -0.134. The topological polar surface area (TPSA) is 66.8 Å². The maximum atomic E-state index is 12.0. The number of nitrogens with zero attached hydrogens (tertiary/aromatic N) is 1. The molecule has 0 radical (unpaired) electrons. The van der Waals surface area contributed by atoms with E-state index >= 15 is 0 Å². The van der Waals surface area contributed by atoms with Crippen molar-refractivity contribution in [1.29, 1.82) is 0 Å². The molecule has 0 aliphatic carbocycles. The molecule has 1 aliphatic heterocycles. The molecule has 1 aromatic rings. The van der Waals surface area contributed by atoms with Crippen LogP contribution in [0, 0.1) is 6.92 Å². The van der Waals surface area contributed by atoms with Crippen LogP contribution >= 0.6 is 0 Å². The number of para-hydroxylation sites is 1. The fraction of sp³-hybridized carbons (Fsp3) is 0.429. The van der Waals surface area contributed by atoms with Crippen LogP contribution in [0.15, 0.2) is 18.2 Å². The van der Waals surface area contributed by atoms with Gasteiger partial charge in [0.1, 0.15) is 5.75 Å². The predicted molar refractivity (Wildman–Crippen MR) is 69.2 cm³/mol. The minimum atomic E-state index is -0.349. The van der Waals surface area contributed by atoms with Gasteiger partial charge < -0.3 is 14.7 Å². The number of carbonyl (C=O) groups excluding carboxylic acids is 2. The summed E-state index contributed by atoms with van der Waals surface area (Å²) in [5, 5.41) is 9.83. The number of carbonyl (C=O) groups is 2. The lowest BCUT2D eigenvalue weighted by Gasteiger charge is -2.26. The summed E-state index contributed by atoms with van der Waals surface area (Å²) in [4.78, 5) is 25.6. The zero-order chi connectivity index (χ0) is 13.8. The van der Waals surface area contributed by atoms with Gasteiger partial charge in [-0.05, 0) is 18.6 Å². The first-order chi connectivity index (χ1) is 9.09. The number of phenols is 1. The molecule has 0 saturated carbocycles. The van der Waals surface area contributed by atoms with Gasteiger partial charge in [0.25, 0.3) is 0 Å². The Balaban J connectivity index is 2.04. The van der Waals surface area contributed by atoms with Crippen molar-refractivity contribution in [2.24, 2.45) is 0 Å². The third-order valence-corrected chi connectivity index (χ3v) is 3.21. The second-order valence-corrected chi connectivity index (χ2v) is 4.56. The highest BCUT2D eigenvalue weighted by molar-refractivity contribution is 6.08. The number of amides is 1. The van der Waals surface area contributed by atoms with Gasteiger partial charge in [-0.3, -0.25) is 9.59 Å². The fourth-order valence-electron chi connectivity index (χ4n) is 2.04. The zero-order valence-corrected chi connectivity index (χ0v) is 10.9. The SMILES string of the molecule is Cc1cccc(C(=O)CC(=O)N2CCOCC2)c1O. The van der Waals surface area contributed by atoms with Crippen LogP contribution in [0.1, 0.15) is 22.3 Å². The van der Waals surface area contributed by atoms with Gasteiger partial charge in [0.15, 0.2) is 5.78 Å². The van der Waals surface area contributed by atoms with Crippen LogP contribution in [0.3, 0.4) is 0 Å². The molecule has 5 nitrogen and oxygen atoms in total. The number of benzene rings is 1. The van der Waals surface area contributed by atoms with Crippen molar-refractivity contribution >= 4 is 11.7 Å². The average molecular weight is 263 g/mol. The van der Waals surface area contributed by atoms with Crippen LogP contribution < -0.4 is 0 Å². The molecule has 1 N–H and O–H groups in total. The van der Waals surface area contributed by atoms with Crippen molar-refractivity contribution in [2.45, 2.75) is 13.3 Å². The predicted octanol–water partition coefficient (Wildman–Crippen LogP) is 1.13. The molecule has 1 aromatic carbocycles. The van der Waals surface area contributed by atoms with Crippen LogP contribution in [-0.2, 0) is 9.53 Å². The summed E-state index contributed by atoms with van der Waals surface area (Å²) in [6.07, 6.45) is -0.211. The van der Waals surface area contributed by atoms with E-state index in [1.807, 2.05) is 0 Å². The molecule has 1 aliphatic rings. The van der Waals surface area contributed by atoms with Gasteiger partial charge in [-0.25, -0.2) is 0 Å². The van der Waals surface area contributed by atoms with Gasteiger partial charge in [-0.1, -0.05) is 12.1 Å². The summed E-state index contributed by atoms with van der Waals surface area (Å²) in [6, 6.07) is 4.95. The zero-order valence-electron chi connectivity index (χ0n) is 10.9. The number of rotatable bonds is 3. The highest BCUT2D eigenvalue weighted by atomic mass is 16.5. The van der Waals surface area contributed by atoms with Crippen LogP contribution in [0.2, 0.25) is 0 Å². The van der Waals surface area contributed by atoms with E-state index in [0.717, 1.165) is 0 Å². The van der Waals surface area contributed by atoms with Gasteiger partial charge >= 0.3 is 0 Å². The molecule has 102 valence electrons. The van der Waals surface area contributed by atoms with Crippen molar-refractivity contribution in [3.8, 4) is 5.75 Å². The number of phenolic OH excluding ortho intramolecular Hbond substituents is 1. The van der Waals surface area contributed by atoms with Crippen molar-refractivity contribution < 1.29 is 19.4 Å². The van der Waals surface area contributed by atoms with Crippen LogP contribution in [0.5, 0.6) is 5.75 Å². The number of aromatic hydroxyl groups is 1. The number of hydrogen-bond donors (Lipinski definition) is 1. The Morgan fingerprint density at radius 3 is 2.68 bits per heavy atom. The van der Waals surface area contributed by atoms with Gasteiger partial charge in [-0.15, -0.1) is 0 Å². The molecule has 1 saturated heterocycles. The van der Waals surface area contributed by atoms with Crippen molar-refractivity contribution in [3.63, 3.8) is 0 Å². The highest BCUT2D eigenvalue weighted by Crippen LogP contribution is 2.23. The smallest absolute Gasteiger partial charge is 0.230 e. The molecule has 0 aromatic heterocycles. The first-order valence-electron chi connectivity index (χ1n) is 6.27. The van der Waals surface area contributed by atoms with Crippen molar-refractivity contribution in [2.75, 3.05) is 26.3 Å². The second kappa shape index (κ2) is 5.84. The number of morpholine rings is 1. The molecule has 5 heteroatoms. The Labute approximate surface area is 111 Å². The molecule has 0 spiro atoms. The van der Waals surface area contributed by atoms with E-state index in [-0.39, 0.29) is 29.4 Å². The van der Waals surface area contributed by atoms with E-state index < -0.39 is 0 Å². The number of aryl methyl sites for hydroxylation is 1. The molecule has 0 atom stereocenters. The van der Waals surface area contributed by atoms with Crippen LogP contribution in [-0.4, -0.2) is 48.0 Å². The summed E-state index contributed by atoms with van der Waals surface area (Å²) >= 11 is 0. The molecule has 1 amide bonds. The average Bonchev–Trinajstić information content (AvgIpc) is 2.42. The first kappa shape index (κ1) is 13.5. The molecule has 0 bridgehead atoms. The van der Waals surface area contributed by atoms with E-state index in [1.54, 1.807) is 24.0 Å². The minimum Gasteiger partial charge on any atom is -0.507 e. The molecule has 1 fully saturated rings. The van der Waals surface area contributed by atoms with Gasteiger partial charge in [0, 0.05) is 13.1 Å². The number of Topliss-reactive ketones (excluding diaryl/α,β-unsaturated/α-hetero) is 1. The maximum absolute atomic E-state index is 12.0. The quantitative estimate of drug-likeness (QED) is 0.656. The summed E-state index contributed by atoms with van der Waals surface area (Å²) < 4.78 is 5.16. The number of ether oxygens (including phenoxy) is 1. The van der Waals surface area contributed by atoms with E-state index in [9.17, 15) is 14.7 Å². The molecular formula is C14H17NO4. The fourth-order valence-corrected chi connectivity index (χ4v) is 2.04. The minimum absolute atomic E-state index is 0.0396. The van der Waals surface area contributed by atoms with E-state index in [0.29, 0.717) is 31.9 Å². The molecule has 1 heterocycles. The number of ketones is 1. The summed E-state index contributed by atoms with van der Waals surface area (Å²) in [6.45, 7) is 3.78. The van der Waals surface area contributed by atoms with Gasteiger partial charge in [0.2, 0.25) is 5.91 Å². The summed E-state index contributed by atoms with van der Waals surface area (Å²) in [5.74, 6) is -0.603. The summed E-state index contributed by atoms with van der Waals surface area (Å²) in [5.41, 5.74) is 0.839. The van der Waals surface area contributed by atoms with E-state index in [1.165, 1.54) is 6.07 Å².